The van der Waals surface area contributed by atoms with Gasteiger partial charge in [-0.2, -0.15) is 0 Å². The second-order valence-electron chi connectivity index (χ2n) is 4.87. The maximum absolute atomic E-state index is 4.31. The third-order valence-corrected chi connectivity index (χ3v) is 6.95. The minimum absolute atomic E-state index is 0.465. The van der Waals surface area contributed by atoms with E-state index in [9.17, 15) is 0 Å². The molecule has 0 spiro atoms. The van der Waals surface area contributed by atoms with Crippen molar-refractivity contribution in [2.75, 3.05) is 5.75 Å². The number of aromatic nitrogens is 1. The van der Waals surface area contributed by atoms with Gasteiger partial charge in [0.25, 0.3) is 0 Å². The van der Waals surface area contributed by atoms with Crippen LogP contribution >= 0.6 is 32.9 Å². The molecule has 0 saturated carbocycles. The minimum atomic E-state index is 0.465. The Hall–Kier alpha value is -1.23. The zero-order valence-electron chi connectivity index (χ0n) is 12.1. The number of rotatable bonds is 7. The fourth-order valence-electron chi connectivity index (χ4n) is 2.41. The summed E-state index contributed by atoms with van der Waals surface area (Å²) in [4.78, 5) is 4.31. The molecular formula is C18H17NS3. The molecule has 0 radical (unpaired) electrons. The largest absolute Gasteiger partial charge is 0.237 e. The van der Waals surface area contributed by atoms with E-state index < -0.39 is 0 Å². The van der Waals surface area contributed by atoms with Gasteiger partial charge in [0.1, 0.15) is 0 Å². The Kier molecular flexibility index (Phi) is 5.99. The van der Waals surface area contributed by atoms with Crippen molar-refractivity contribution in [2.45, 2.75) is 16.7 Å². The van der Waals surface area contributed by atoms with Crippen molar-refractivity contribution in [1.82, 2.24) is 4.98 Å². The molecule has 3 rings (SSSR count). The lowest BCUT2D eigenvalue weighted by Gasteiger charge is -2.17. The predicted octanol–water partition coefficient (Wildman–Crippen LogP) is 6.11. The van der Waals surface area contributed by atoms with Crippen molar-refractivity contribution < 1.29 is 0 Å². The number of thiazole rings is 1. The molecule has 0 saturated heterocycles. The van der Waals surface area contributed by atoms with E-state index in [0.29, 0.717) is 5.92 Å². The molecule has 4 heteroatoms. The number of nitrogens with zero attached hydrogens (tertiary/aromatic N) is 1. The first-order valence-electron chi connectivity index (χ1n) is 7.22. The maximum Gasteiger partial charge on any atom is 0.160 e. The Morgan fingerprint density at radius 1 is 0.909 bits per heavy atom. The Morgan fingerprint density at radius 3 is 2.09 bits per heavy atom. The van der Waals surface area contributed by atoms with Crippen LogP contribution < -0.4 is 0 Å². The second-order valence-corrected chi connectivity index (χ2v) is 8.42. The lowest BCUT2D eigenvalue weighted by molar-refractivity contribution is 0.786. The molecule has 1 heterocycles. The molecule has 1 nitrogen and oxygen atoms in total. The molecule has 0 aliphatic rings. The summed E-state index contributed by atoms with van der Waals surface area (Å²) >= 11 is 1.71. The third kappa shape index (κ3) is 4.38. The van der Waals surface area contributed by atoms with E-state index in [2.05, 4.69) is 65.6 Å². The Labute approximate surface area is 143 Å². The zero-order chi connectivity index (χ0) is 15.0. The Bertz CT molecular complexity index is 614. The van der Waals surface area contributed by atoms with Gasteiger partial charge in [0, 0.05) is 23.2 Å². The van der Waals surface area contributed by atoms with Crippen LogP contribution in [0.5, 0.6) is 0 Å². The quantitative estimate of drug-likeness (QED) is 0.380. The van der Waals surface area contributed by atoms with Gasteiger partial charge in [0.15, 0.2) is 4.34 Å². The monoisotopic (exact) mass is 343 g/mol. The minimum Gasteiger partial charge on any atom is -0.237 e. The molecule has 0 aliphatic carbocycles. The van der Waals surface area contributed by atoms with Crippen LogP contribution in [-0.4, -0.2) is 10.7 Å². The molecular weight excluding hydrogens is 326 g/mol. The van der Waals surface area contributed by atoms with Gasteiger partial charge in [0.05, 0.1) is 0 Å². The van der Waals surface area contributed by atoms with Gasteiger partial charge in [-0.25, -0.2) is 4.98 Å². The van der Waals surface area contributed by atoms with Gasteiger partial charge < -0.3 is 0 Å². The molecule has 0 atom stereocenters. The summed E-state index contributed by atoms with van der Waals surface area (Å²) < 4.78 is 1.14. The topological polar surface area (TPSA) is 12.9 Å². The van der Waals surface area contributed by atoms with Gasteiger partial charge in [-0.15, -0.1) is 11.3 Å². The molecule has 2 aromatic carbocycles. The van der Waals surface area contributed by atoms with E-state index in [-0.39, 0.29) is 0 Å². The van der Waals surface area contributed by atoms with Crippen LogP contribution in [0.4, 0.5) is 0 Å². The summed E-state index contributed by atoms with van der Waals surface area (Å²) in [5.41, 5.74) is 2.79. The number of benzene rings is 2. The van der Waals surface area contributed by atoms with Gasteiger partial charge in [0.2, 0.25) is 0 Å². The molecule has 3 aromatic rings. The normalized spacial score (nSPS) is 11.0. The fourth-order valence-corrected chi connectivity index (χ4v) is 5.47. The first kappa shape index (κ1) is 15.7. The van der Waals surface area contributed by atoms with Crippen LogP contribution in [0.3, 0.4) is 0 Å². The molecule has 0 N–H and O–H groups in total. The lowest BCUT2D eigenvalue weighted by Crippen LogP contribution is -2.02. The average Bonchev–Trinajstić information content (AvgIpc) is 3.10. The first-order valence-corrected chi connectivity index (χ1v) is 10.4. The number of hydrogen-bond acceptors (Lipinski definition) is 4. The smallest absolute Gasteiger partial charge is 0.160 e. The zero-order valence-corrected chi connectivity index (χ0v) is 14.5. The standard InChI is InChI=1S/C18H17NS3/c1-3-7-15(8-4-1)17(16-9-5-2-6-10-16)11-13-21-22-18-19-12-14-20-18/h1-10,12,14,17H,11,13H2. The summed E-state index contributed by atoms with van der Waals surface area (Å²) in [5, 5.41) is 2.03. The molecule has 0 aliphatic heterocycles. The molecule has 0 fully saturated rings. The highest BCUT2D eigenvalue weighted by Gasteiger charge is 2.13. The van der Waals surface area contributed by atoms with Crippen LogP contribution in [-0.2, 0) is 0 Å². The second kappa shape index (κ2) is 8.42. The summed E-state index contributed by atoms with van der Waals surface area (Å²) in [7, 11) is 3.68. The van der Waals surface area contributed by atoms with Crippen LogP contribution in [0.15, 0.2) is 76.6 Å². The van der Waals surface area contributed by atoms with Crippen LogP contribution in [0.2, 0.25) is 0 Å². The van der Waals surface area contributed by atoms with Crippen molar-refractivity contribution in [3.8, 4) is 0 Å². The SMILES string of the molecule is c1ccc(C(CCSSc2nccs2)c2ccccc2)cc1. The summed E-state index contributed by atoms with van der Waals surface area (Å²) in [6, 6.07) is 21.6. The summed E-state index contributed by atoms with van der Waals surface area (Å²) in [6.45, 7) is 0. The maximum atomic E-state index is 4.31. The van der Waals surface area contributed by atoms with E-state index in [1.807, 2.05) is 22.4 Å². The van der Waals surface area contributed by atoms with Crippen molar-refractivity contribution in [1.29, 1.82) is 0 Å². The molecule has 22 heavy (non-hydrogen) atoms. The Balaban J connectivity index is 1.64. The molecule has 112 valence electrons. The van der Waals surface area contributed by atoms with Crippen molar-refractivity contribution in [3.63, 3.8) is 0 Å². The first-order chi connectivity index (χ1) is 10.9. The van der Waals surface area contributed by atoms with E-state index >= 15 is 0 Å². The van der Waals surface area contributed by atoms with Crippen LogP contribution in [0.1, 0.15) is 23.5 Å². The summed E-state index contributed by atoms with van der Waals surface area (Å²) in [5.74, 6) is 1.57. The van der Waals surface area contributed by atoms with Gasteiger partial charge >= 0.3 is 0 Å². The predicted molar refractivity (Wildman–Crippen MR) is 99.8 cm³/mol. The third-order valence-electron chi connectivity index (χ3n) is 3.43. The lowest BCUT2D eigenvalue weighted by atomic mass is 9.89. The molecule has 0 unspecified atom stereocenters. The van der Waals surface area contributed by atoms with Crippen molar-refractivity contribution in [3.05, 3.63) is 83.4 Å². The molecule has 1 aromatic heterocycles. The average molecular weight is 344 g/mol. The molecule has 0 bridgehead atoms. The van der Waals surface area contributed by atoms with Crippen molar-refractivity contribution >= 4 is 32.9 Å². The molecule has 0 amide bonds. The van der Waals surface area contributed by atoms with E-state index in [4.69, 9.17) is 0 Å². The van der Waals surface area contributed by atoms with Gasteiger partial charge in [-0.1, -0.05) is 71.5 Å². The van der Waals surface area contributed by atoms with Crippen LogP contribution in [0.25, 0.3) is 0 Å². The summed E-state index contributed by atoms with van der Waals surface area (Å²) in [6.07, 6.45) is 3.00. The highest BCUT2D eigenvalue weighted by atomic mass is 33.1. The van der Waals surface area contributed by atoms with Gasteiger partial charge in [-0.3, -0.25) is 0 Å². The van der Waals surface area contributed by atoms with Gasteiger partial charge in [-0.05, 0) is 28.3 Å². The fraction of sp³-hybridized carbons (Fsp3) is 0.167. The Morgan fingerprint density at radius 2 is 1.55 bits per heavy atom. The van der Waals surface area contributed by atoms with Crippen molar-refractivity contribution in [2.24, 2.45) is 0 Å². The highest BCUT2D eigenvalue weighted by molar-refractivity contribution is 8.77. The highest BCUT2D eigenvalue weighted by Crippen LogP contribution is 2.36. The number of hydrogen-bond donors (Lipinski definition) is 0. The van der Waals surface area contributed by atoms with E-state index in [1.165, 1.54) is 11.1 Å². The van der Waals surface area contributed by atoms with E-state index in [1.54, 1.807) is 22.1 Å². The van der Waals surface area contributed by atoms with Crippen LogP contribution in [0, 0.1) is 0 Å². The van der Waals surface area contributed by atoms with E-state index in [0.717, 1.165) is 16.5 Å².